The van der Waals surface area contributed by atoms with Crippen LogP contribution in [0.3, 0.4) is 0 Å². The van der Waals surface area contributed by atoms with Crippen LogP contribution in [0.4, 0.5) is 0 Å². The Hall–Kier alpha value is -2.29. The number of nitrogens with one attached hydrogen (secondary N) is 1. The Labute approximate surface area is 129 Å². The number of carbonyl (C=O) groups excluding carboxylic acids is 1. The highest BCUT2D eigenvalue weighted by Crippen LogP contribution is 2.25. The number of thioether (sulfide) groups is 1. The fourth-order valence-corrected chi connectivity index (χ4v) is 2.92. The second kappa shape index (κ2) is 6.22. The zero-order valence-electron chi connectivity index (χ0n) is 12.5. The summed E-state index contributed by atoms with van der Waals surface area (Å²) in [6.07, 6.45) is 1.61. The van der Waals surface area contributed by atoms with Gasteiger partial charge in [0.2, 0.25) is 0 Å². The average Bonchev–Trinajstić information content (AvgIpc) is 2.83. The van der Waals surface area contributed by atoms with Gasteiger partial charge in [-0.1, -0.05) is 17.8 Å². The minimum absolute atomic E-state index is 0.259. The molecule has 0 bridgehead atoms. The third-order valence-electron chi connectivity index (χ3n) is 3.10. The van der Waals surface area contributed by atoms with Gasteiger partial charge < -0.3 is 9.30 Å². The van der Waals surface area contributed by atoms with Crippen molar-refractivity contribution in [1.29, 1.82) is 0 Å². The predicted molar refractivity (Wildman–Crippen MR) is 83.1 cm³/mol. The van der Waals surface area contributed by atoms with E-state index >= 15 is 0 Å². The van der Waals surface area contributed by atoms with Crippen LogP contribution in [0.2, 0.25) is 0 Å². The third-order valence-corrected chi connectivity index (χ3v) is 4.17. The number of allylic oxidation sites excluding steroid dienone is 1. The zero-order chi connectivity index (χ0) is 16.4. The van der Waals surface area contributed by atoms with Crippen molar-refractivity contribution in [2.24, 2.45) is 7.05 Å². The number of hydrogen-bond donors (Lipinski definition) is 1. The lowest BCUT2D eigenvalue weighted by molar-refractivity contribution is -0.139. The van der Waals surface area contributed by atoms with E-state index in [4.69, 9.17) is 0 Å². The van der Waals surface area contributed by atoms with Gasteiger partial charge >= 0.3 is 11.7 Å². The summed E-state index contributed by atoms with van der Waals surface area (Å²) < 4.78 is 7.55. The van der Waals surface area contributed by atoms with Gasteiger partial charge in [-0.05, 0) is 6.92 Å². The summed E-state index contributed by atoms with van der Waals surface area (Å²) in [5.41, 5.74) is -0.542. The van der Waals surface area contributed by atoms with E-state index in [0.29, 0.717) is 11.7 Å². The maximum atomic E-state index is 12.1. The molecule has 9 heteroatoms. The number of H-pyrrole nitrogens is 1. The molecule has 2 aromatic rings. The van der Waals surface area contributed by atoms with Crippen LogP contribution < -0.4 is 11.2 Å². The number of fused-ring (bicyclic) bond motifs is 1. The Morgan fingerprint density at radius 3 is 2.82 bits per heavy atom. The van der Waals surface area contributed by atoms with Crippen LogP contribution in [0.1, 0.15) is 6.92 Å². The highest BCUT2D eigenvalue weighted by Gasteiger charge is 2.22. The van der Waals surface area contributed by atoms with Crippen molar-refractivity contribution >= 4 is 28.9 Å². The maximum absolute atomic E-state index is 12.1. The number of aromatic nitrogens is 4. The molecule has 1 N–H and O–H groups in total. The van der Waals surface area contributed by atoms with Gasteiger partial charge in [0.25, 0.3) is 5.56 Å². The number of aryl methyl sites for hydroxylation is 1. The molecule has 0 aromatic carbocycles. The van der Waals surface area contributed by atoms with Crippen molar-refractivity contribution in [2.75, 3.05) is 7.11 Å². The van der Waals surface area contributed by atoms with Crippen LogP contribution in [0.15, 0.2) is 27.4 Å². The van der Waals surface area contributed by atoms with Gasteiger partial charge in [0.05, 0.1) is 7.11 Å². The van der Waals surface area contributed by atoms with Crippen LogP contribution in [-0.2, 0) is 23.1 Å². The normalized spacial score (nSPS) is 12.3. The molecule has 118 valence electrons. The van der Waals surface area contributed by atoms with Crippen molar-refractivity contribution in [1.82, 2.24) is 19.1 Å². The molecule has 0 amide bonds. The van der Waals surface area contributed by atoms with Crippen molar-refractivity contribution in [2.45, 2.75) is 23.9 Å². The van der Waals surface area contributed by atoms with E-state index in [1.54, 1.807) is 17.6 Å². The largest absolute Gasteiger partial charge is 0.468 e. The molecule has 0 unspecified atom stereocenters. The van der Waals surface area contributed by atoms with Crippen LogP contribution >= 0.6 is 11.8 Å². The minimum Gasteiger partial charge on any atom is -0.468 e. The lowest BCUT2D eigenvalue weighted by atomic mass is 10.5. The summed E-state index contributed by atoms with van der Waals surface area (Å²) in [6, 6.07) is 0. The molecule has 8 nitrogen and oxygen atoms in total. The zero-order valence-corrected chi connectivity index (χ0v) is 13.3. The number of carbonyl (C=O) groups is 1. The van der Waals surface area contributed by atoms with Crippen molar-refractivity contribution in [3.63, 3.8) is 0 Å². The monoisotopic (exact) mass is 324 g/mol. The molecule has 0 fully saturated rings. The van der Waals surface area contributed by atoms with Gasteiger partial charge in [-0.15, -0.1) is 6.58 Å². The molecule has 22 heavy (non-hydrogen) atoms. The number of methoxy groups -OCH3 is 1. The lowest BCUT2D eigenvalue weighted by Crippen LogP contribution is -2.29. The van der Waals surface area contributed by atoms with E-state index in [-0.39, 0.29) is 11.2 Å². The number of esters is 1. The quantitative estimate of drug-likeness (QED) is 0.481. The fourth-order valence-electron chi connectivity index (χ4n) is 1.98. The topological polar surface area (TPSA) is 99.0 Å². The van der Waals surface area contributed by atoms with E-state index in [1.807, 2.05) is 0 Å². The van der Waals surface area contributed by atoms with Crippen LogP contribution in [0.5, 0.6) is 0 Å². The minimum atomic E-state index is -0.543. The molecular formula is C13H16N4O4S. The highest BCUT2D eigenvalue weighted by molar-refractivity contribution is 8.00. The molecule has 2 aromatic heterocycles. The van der Waals surface area contributed by atoms with E-state index in [1.165, 1.54) is 18.7 Å². The summed E-state index contributed by atoms with van der Waals surface area (Å²) >= 11 is 1.15. The van der Waals surface area contributed by atoms with Gasteiger partial charge in [-0.2, -0.15) is 0 Å². The maximum Gasteiger partial charge on any atom is 0.329 e. The van der Waals surface area contributed by atoms with Crippen molar-refractivity contribution in [3.05, 3.63) is 33.5 Å². The molecule has 0 saturated carbocycles. The van der Waals surface area contributed by atoms with Crippen LogP contribution in [0.25, 0.3) is 11.2 Å². The number of ether oxygens (including phenoxy) is 1. The number of nitrogens with zero attached hydrogens (tertiary/aromatic N) is 3. The number of imidazole rings is 1. The summed E-state index contributed by atoms with van der Waals surface area (Å²) in [4.78, 5) is 41.9. The molecule has 0 saturated heterocycles. The number of aromatic amines is 1. The molecule has 0 aliphatic carbocycles. The first-order valence-corrected chi connectivity index (χ1v) is 7.33. The van der Waals surface area contributed by atoms with Crippen molar-refractivity contribution < 1.29 is 9.53 Å². The molecule has 0 radical (unpaired) electrons. The highest BCUT2D eigenvalue weighted by atomic mass is 32.2. The Balaban J connectivity index is 2.66. The molecule has 2 rings (SSSR count). The smallest absolute Gasteiger partial charge is 0.329 e. The Kier molecular flexibility index (Phi) is 4.55. The van der Waals surface area contributed by atoms with Gasteiger partial charge in [0, 0.05) is 13.6 Å². The molecular weight excluding hydrogens is 308 g/mol. The second-order valence-electron chi connectivity index (χ2n) is 4.57. The standard InChI is InChI=1S/C13H16N4O4S/c1-5-6-17-8-9(16(3)12(20)15-10(8)18)14-13(17)22-7(2)11(19)21-4/h5,7H,1,6H2,2-4H3,(H,15,18,20)/t7-/m0/s1. The number of rotatable bonds is 5. The van der Waals surface area contributed by atoms with Crippen molar-refractivity contribution in [3.8, 4) is 0 Å². The summed E-state index contributed by atoms with van der Waals surface area (Å²) in [5.74, 6) is -0.398. The SMILES string of the molecule is C=CCn1c(S[C@@H](C)C(=O)OC)nc2c1c(=O)[nH]c(=O)n2C. The summed E-state index contributed by atoms with van der Waals surface area (Å²) in [5, 5.41) is -0.0546. The fraction of sp³-hybridized carbons (Fsp3) is 0.385. The Morgan fingerprint density at radius 2 is 2.23 bits per heavy atom. The van der Waals surface area contributed by atoms with E-state index in [0.717, 1.165) is 11.8 Å². The molecule has 0 aliphatic rings. The predicted octanol–water partition coefficient (Wildman–Crippen LogP) is 0.263. The second-order valence-corrected chi connectivity index (χ2v) is 5.88. The van der Waals surface area contributed by atoms with E-state index < -0.39 is 22.5 Å². The molecule has 1 atom stereocenters. The van der Waals surface area contributed by atoms with E-state index in [9.17, 15) is 14.4 Å². The van der Waals surface area contributed by atoms with Gasteiger partial charge in [0.1, 0.15) is 5.25 Å². The Bertz CT molecular complexity index is 848. The van der Waals surface area contributed by atoms with Crippen LogP contribution in [-0.4, -0.2) is 37.4 Å². The van der Waals surface area contributed by atoms with Gasteiger partial charge in [-0.25, -0.2) is 9.78 Å². The number of hydrogen-bond acceptors (Lipinski definition) is 6. The van der Waals surface area contributed by atoms with Crippen LogP contribution in [0, 0.1) is 0 Å². The average molecular weight is 324 g/mol. The third kappa shape index (κ3) is 2.71. The van der Waals surface area contributed by atoms with E-state index in [2.05, 4.69) is 21.3 Å². The first-order chi connectivity index (χ1) is 10.4. The first kappa shape index (κ1) is 16.1. The first-order valence-electron chi connectivity index (χ1n) is 6.45. The van der Waals surface area contributed by atoms with Gasteiger partial charge in [-0.3, -0.25) is 19.1 Å². The summed E-state index contributed by atoms with van der Waals surface area (Å²) in [7, 11) is 2.82. The molecule has 0 aliphatic heterocycles. The summed E-state index contributed by atoms with van der Waals surface area (Å²) in [6.45, 7) is 5.66. The molecule has 0 spiro atoms. The Morgan fingerprint density at radius 1 is 1.55 bits per heavy atom. The lowest BCUT2D eigenvalue weighted by Gasteiger charge is -2.09. The molecule has 2 heterocycles. The van der Waals surface area contributed by atoms with Gasteiger partial charge in [0.15, 0.2) is 16.3 Å².